The van der Waals surface area contributed by atoms with Crippen LogP contribution in [-0.4, -0.2) is 15.6 Å². The van der Waals surface area contributed by atoms with Gasteiger partial charge in [0.25, 0.3) is 0 Å². The molecule has 0 bridgehead atoms. The van der Waals surface area contributed by atoms with Crippen LogP contribution < -0.4 is 0 Å². The lowest BCUT2D eigenvalue weighted by atomic mass is 10.1. The van der Waals surface area contributed by atoms with E-state index in [1.165, 1.54) is 16.7 Å². The quantitative estimate of drug-likeness (QED) is 0.885. The molecule has 17 heavy (non-hydrogen) atoms. The number of carboxylic acids is 1. The summed E-state index contributed by atoms with van der Waals surface area (Å²) in [6.07, 6.45) is 0. The van der Waals surface area contributed by atoms with Crippen LogP contribution in [0, 0.1) is 5.95 Å². The third-order valence-electron chi connectivity index (χ3n) is 2.76. The molecule has 0 aliphatic rings. The molecule has 0 spiro atoms. The van der Waals surface area contributed by atoms with Crippen LogP contribution in [0.5, 0.6) is 0 Å². The maximum atomic E-state index is 13.6. The highest BCUT2D eigenvalue weighted by Gasteiger charge is 2.19. The van der Waals surface area contributed by atoms with Gasteiger partial charge in [0.1, 0.15) is 5.69 Å². The highest BCUT2D eigenvalue weighted by atomic mass is 19.1. The van der Waals surface area contributed by atoms with Gasteiger partial charge in [0.05, 0.1) is 6.04 Å². The summed E-state index contributed by atoms with van der Waals surface area (Å²) >= 11 is 0. The Hall–Kier alpha value is -2.10. The van der Waals surface area contributed by atoms with E-state index in [1.54, 1.807) is 6.92 Å². The summed E-state index contributed by atoms with van der Waals surface area (Å²) in [7, 11) is 0. The molecule has 1 aromatic carbocycles. The molecule has 0 fully saturated rings. The highest BCUT2D eigenvalue weighted by molar-refractivity contribution is 5.86. The van der Waals surface area contributed by atoms with Gasteiger partial charge in [-0.25, -0.2) is 4.79 Å². The zero-order valence-corrected chi connectivity index (χ0v) is 9.30. The van der Waals surface area contributed by atoms with Crippen LogP contribution in [0.15, 0.2) is 42.5 Å². The van der Waals surface area contributed by atoms with Crippen molar-refractivity contribution in [3.63, 3.8) is 0 Å². The van der Waals surface area contributed by atoms with Crippen LogP contribution in [0.25, 0.3) is 0 Å². The third kappa shape index (κ3) is 2.06. The summed E-state index contributed by atoms with van der Waals surface area (Å²) in [5, 5.41) is 8.99. The monoisotopic (exact) mass is 233 g/mol. The normalized spacial score (nSPS) is 12.4. The van der Waals surface area contributed by atoms with E-state index in [1.807, 2.05) is 30.3 Å². The first kappa shape index (κ1) is 11.4. The molecule has 1 aromatic heterocycles. The van der Waals surface area contributed by atoms with Crippen LogP contribution in [0.3, 0.4) is 0 Å². The topological polar surface area (TPSA) is 42.2 Å². The number of benzene rings is 1. The number of rotatable bonds is 3. The Morgan fingerprint density at radius 2 is 1.88 bits per heavy atom. The number of aromatic nitrogens is 1. The van der Waals surface area contributed by atoms with Crippen molar-refractivity contribution >= 4 is 5.97 Å². The second-order valence-electron chi connectivity index (χ2n) is 3.80. The van der Waals surface area contributed by atoms with Crippen LogP contribution in [-0.2, 0) is 0 Å². The van der Waals surface area contributed by atoms with Gasteiger partial charge in [-0.15, -0.1) is 0 Å². The van der Waals surface area contributed by atoms with Crippen molar-refractivity contribution in [3.05, 3.63) is 59.7 Å². The van der Waals surface area contributed by atoms with Crippen molar-refractivity contribution in [1.29, 1.82) is 0 Å². The van der Waals surface area contributed by atoms with E-state index < -0.39 is 11.9 Å². The predicted octanol–water partition coefficient (Wildman–Crippen LogP) is 2.93. The Bertz CT molecular complexity index is 534. The summed E-state index contributed by atoms with van der Waals surface area (Å²) in [4.78, 5) is 11.0. The number of hydrogen-bond acceptors (Lipinski definition) is 1. The zero-order valence-electron chi connectivity index (χ0n) is 9.30. The zero-order chi connectivity index (χ0) is 12.4. The van der Waals surface area contributed by atoms with Gasteiger partial charge in [0, 0.05) is 0 Å². The summed E-state index contributed by atoms with van der Waals surface area (Å²) in [5.41, 5.74) is 0.823. The fourth-order valence-electron chi connectivity index (χ4n) is 1.87. The number of hydrogen-bond donors (Lipinski definition) is 1. The Morgan fingerprint density at radius 3 is 2.47 bits per heavy atom. The highest BCUT2D eigenvalue weighted by Crippen LogP contribution is 2.22. The molecule has 0 saturated carbocycles. The van der Waals surface area contributed by atoms with Crippen LogP contribution >= 0.6 is 0 Å². The van der Waals surface area contributed by atoms with Crippen LogP contribution in [0.1, 0.15) is 29.0 Å². The first-order valence-corrected chi connectivity index (χ1v) is 5.26. The standard InChI is InChI=1S/C13H12FNO2/c1-9(10-5-3-2-4-6-10)15-11(13(16)17)7-8-12(15)14/h2-9H,1H3,(H,16,17)/t9-/m1/s1. The Morgan fingerprint density at radius 1 is 1.24 bits per heavy atom. The van der Waals surface area contributed by atoms with Crippen molar-refractivity contribution in [2.24, 2.45) is 0 Å². The van der Waals surface area contributed by atoms with E-state index in [4.69, 9.17) is 5.11 Å². The van der Waals surface area contributed by atoms with E-state index in [0.29, 0.717) is 0 Å². The average Bonchev–Trinajstić information content (AvgIpc) is 2.71. The molecule has 2 rings (SSSR count). The van der Waals surface area contributed by atoms with Gasteiger partial charge >= 0.3 is 5.97 Å². The van der Waals surface area contributed by atoms with E-state index >= 15 is 0 Å². The molecule has 0 unspecified atom stereocenters. The van der Waals surface area contributed by atoms with Gasteiger partial charge in [-0.1, -0.05) is 30.3 Å². The van der Waals surface area contributed by atoms with Gasteiger partial charge in [-0.2, -0.15) is 4.39 Å². The van der Waals surface area contributed by atoms with Gasteiger partial charge in [-0.05, 0) is 24.6 Å². The number of carbonyl (C=O) groups is 1. The minimum absolute atomic E-state index is 0.0427. The molecule has 0 amide bonds. The molecule has 88 valence electrons. The van der Waals surface area contributed by atoms with Gasteiger partial charge in [-0.3, -0.25) is 0 Å². The lowest BCUT2D eigenvalue weighted by Gasteiger charge is -2.16. The molecule has 0 radical (unpaired) electrons. The Kier molecular flexibility index (Phi) is 2.95. The van der Waals surface area contributed by atoms with Gasteiger partial charge < -0.3 is 9.67 Å². The van der Waals surface area contributed by atoms with E-state index in [2.05, 4.69) is 0 Å². The van der Waals surface area contributed by atoms with Crippen LogP contribution in [0.4, 0.5) is 4.39 Å². The molecule has 2 aromatic rings. The third-order valence-corrected chi connectivity index (χ3v) is 2.76. The average molecular weight is 233 g/mol. The molecular weight excluding hydrogens is 221 g/mol. The summed E-state index contributed by atoms with van der Waals surface area (Å²) < 4.78 is 14.8. The fraction of sp³-hybridized carbons (Fsp3) is 0.154. The summed E-state index contributed by atoms with van der Waals surface area (Å²) in [6, 6.07) is 11.3. The Balaban J connectivity index is 2.47. The van der Waals surface area contributed by atoms with E-state index in [-0.39, 0.29) is 11.7 Å². The Labute approximate surface area is 98.1 Å². The van der Waals surface area contributed by atoms with Crippen molar-refractivity contribution in [2.75, 3.05) is 0 Å². The molecule has 0 saturated heterocycles. The maximum Gasteiger partial charge on any atom is 0.352 e. The lowest BCUT2D eigenvalue weighted by Crippen LogP contribution is -2.15. The fourth-order valence-corrected chi connectivity index (χ4v) is 1.87. The minimum Gasteiger partial charge on any atom is -0.477 e. The molecule has 4 heteroatoms. The van der Waals surface area contributed by atoms with Crippen molar-refractivity contribution in [3.8, 4) is 0 Å². The lowest BCUT2D eigenvalue weighted by molar-refractivity contribution is 0.0682. The first-order chi connectivity index (χ1) is 8.11. The molecule has 1 atom stereocenters. The molecule has 1 heterocycles. The number of nitrogens with zero attached hydrogens (tertiary/aromatic N) is 1. The molecular formula is C13H12FNO2. The van der Waals surface area contributed by atoms with Crippen molar-refractivity contribution in [2.45, 2.75) is 13.0 Å². The predicted molar refractivity (Wildman–Crippen MR) is 61.6 cm³/mol. The molecule has 3 nitrogen and oxygen atoms in total. The van der Waals surface area contributed by atoms with E-state index in [9.17, 15) is 9.18 Å². The molecule has 0 aliphatic heterocycles. The summed E-state index contributed by atoms with van der Waals surface area (Å²) in [5.74, 6) is -1.67. The second kappa shape index (κ2) is 4.41. The minimum atomic E-state index is -1.13. The molecule has 1 N–H and O–H groups in total. The number of halogens is 1. The van der Waals surface area contributed by atoms with E-state index in [0.717, 1.165) is 5.56 Å². The van der Waals surface area contributed by atoms with Crippen LogP contribution in [0.2, 0.25) is 0 Å². The second-order valence-corrected chi connectivity index (χ2v) is 3.80. The maximum absolute atomic E-state index is 13.6. The summed E-state index contributed by atoms with van der Waals surface area (Å²) in [6.45, 7) is 1.77. The first-order valence-electron chi connectivity index (χ1n) is 5.26. The number of carboxylic acid groups (broad SMARTS) is 1. The SMILES string of the molecule is C[C@H](c1ccccc1)n1c(F)ccc1C(=O)O. The van der Waals surface area contributed by atoms with Crippen molar-refractivity contribution in [1.82, 2.24) is 4.57 Å². The van der Waals surface area contributed by atoms with Crippen molar-refractivity contribution < 1.29 is 14.3 Å². The molecule has 0 aliphatic carbocycles. The van der Waals surface area contributed by atoms with Gasteiger partial charge in [0.15, 0.2) is 5.95 Å². The smallest absolute Gasteiger partial charge is 0.352 e. The number of aromatic carboxylic acids is 1. The largest absolute Gasteiger partial charge is 0.477 e. The van der Waals surface area contributed by atoms with Gasteiger partial charge in [0.2, 0.25) is 0 Å².